The largest absolute Gasteiger partial charge is 0.573 e. The third kappa shape index (κ3) is 6.86. The lowest BCUT2D eigenvalue weighted by Gasteiger charge is -2.17. The molecule has 1 atom stereocenters. The van der Waals surface area contributed by atoms with Crippen LogP contribution in [0.1, 0.15) is 11.1 Å². The van der Waals surface area contributed by atoms with Crippen molar-refractivity contribution in [3.63, 3.8) is 0 Å². The minimum absolute atomic E-state index is 0.175. The number of aryl methyl sites for hydroxylation is 1. The van der Waals surface area contributed by atoms with E-state index in [0.717, 1.165) is 28.2 Å². The molecule has 0 aliphatic carbocycles. The van der Waals surface area contributed by atoms with Gasteiger partial charge in [0.05, 0.1) is 21.3 Å². The number of likely N-dealkylation sites (N-methyl/N-ethyl adjacent to an activating group) is 1. The van der Waals surface area contributed by atoms with Crippen LogP contribution in [0.15, 0.2) is 36.4 Å². The zero-order valence-electron chi connectivity index (χ0n) is 16.6. The SMILES string of the molecule is COc1cc(C)c(C[NH+](C)CC(=O)Nc2ccc(OC(F)(F)F)cc2)cc1OC. The maximum absolute atomic E-state index is 12.2. The van der Waals surface area contributed by atoms with Crippen LogP contribution in [-0.2, 0) is 11.3 Å². The number of carbonyl (C=O) groups excluding carboxylic acids is 1. The monoisotopic (exact) mass is 413 g/mol. The Bertz CT molecular complexity index is 839. The van der Waals surface area contributed by atoms with Crippen molar-refractivity contribution in [1.29, 1.82) is 0 Å². The van der Waals surface area contributed by atoms with Gasteiger partial charge in [-0.15, -0.1) is 13.2 Å². The molecular weight excluding hydrogens is 389 g/mol. The number of methoxy groups -OCH3 is 2. The molecule has 0 aliphatic rings. The molecule has 2 rings (SSSR count). The van der Waals surface area contributed by atoms with E-state index in [1.807, 2.05) is 26.1 Å². The highest BCUT2D eigenvalue weighted by Gasteiger charge is 2.31. The number of rotatable bonds is 8. The molecule has 0 heterocycles. The van der Waals surface area contributed by atoms with Crippen LogP contribution in [0, 0.1) is 6.92 Å². The molecule has 9 heteroatoms. The van der Waals surface area contributed by atoms with Crippen LogP contribution in [-0.4, -0.2) is 40.1 Å². The fraction of sp³-hybridized carbons (Fsp3) is 0.350. The lowest BCUT2D eigenvalue weighted by Crippen LogP contribution is -3.08. The van der Waals surface area contributed by atoms with Gasteiger partial charge in [0.2, 0.25) is 0 Å². The molecule has 29 heavy (non-hydrogen) atoms. The molecule has 2 N–H and O–H groups in total. The lowest BCUT2D eigenvalue weighted by atomic mass is 10.1. The van der Waals surface area contributed by atoms with E-state index in [2.05, 4.69) is 10.1 Å². The zero-order chi connectivity index (χ0) is 21.6. The second kappa shape index (κ2) is 9.51. The molecule has 0 saturated carbocycles. The van der Waals surface area contributed by atoms with Crippen LogP contribution < -0.4 is 24.4 Å². The summed E-state index contributed by atoms with van der Waals surface area (Å²) in [6.45, 7) is 2.71. The van der Waals surface area contributed by atoms with Crippen molar-refractivity contribution in [3.8, 4) is 17.2 Å². The van der Waals surface area contributed by atoms with Gasteiger partial charge in [0, 0.05) is 11.3 Å². The van der Waals surface area contributed by atoms with Crippen LogP contribution in [0.3, 0.4) is 0 Å². The Morgan fingerprint density at radius 2 is 1.66 bits per heavy atom. The standard InChI is InChI=1S/C20H23F3N2O4/c1-13-9-17(27-3)18(28-4)10-14(13)11-25(2)12-19(26)24-15-5-7-16(8-6-15)29-20(21,22)23/h5-10H,11-12H2,1-4H3,(H,24,26)/p+1. The molecule has 0 bridgehead atoms. The van der Waals surface area contributed by atoms with Crippen molar-refractivity contribution in [3.05, 3.63) is 47.5 Å². The quantitative estimate of drug-likeness (QED) is 0.699. The average molecular weight is 413 g/mol. The average Bonchev–Trinajstić information content (AvgIpc) is 2.63. The van der Waals surface area contributed by atoms with Crippen molar-refractivity contribution >= 4 is 11.6 Å². The van der Waals surface area contributed by atoms with Crippen molar-refractivity contribution in [2.24, 2.45) is 0 Å². The fourth-order valence-corrected chi connectivity index (χ4v) is 2.82. The molecule has 1 amide bonds. The molecule has 6 nitrogen and oxygen atoms in total. The van der Waals surface area contributed by atoms with Gasteiger partial charge >= 0.3 is 6.36 Å². The molecule has 0 aliphatic heterocycles. The summed E-state index contributed by atoms with van der Waals surface area (Å²) in [6.07, 6.45) is -4.75. The van der Waals surface area contributed by atoms with Gasteiger partial charge < -0.3 is 24.4 Å². The highest BCUT2D eigenvalue weighted by atomic mass is 19.4. The van der Waals surface area contributed by atoms with Gasteiger partial charge in [-0.1, -0.05) is 0 Å². The number of alkyl halides is 3. The molecule has 1 unspecified atom stereocenters. The van der Waals surface area contributed by atoms with Crippen LogP contribution in [0.25, 0.3) is 0 Å². The topological polar surface area (TPSA) is 61.2 Å². The Hall–Kier alpha value is -2.94. The van der Waals surface area contributed by atoms with Crippen molar-refractivity contribution < 1.29 is 37.1 Å². The van der Waals surface area contributed by atoms with Gasteiger partial charge in [-0.3, -0.25) is 4.79 Å². The number of hydrogen-bond acceptors (Lipinski definition) is 4. The predicted octanol–water partition coefficient (Wildman–Crippen LogP) is 2.56. The molecule has 0 saturated heterocycles. The first-order chi connectivity index (χ1) is 13.6. The summed E-state index contributed by atoms with van der Waals surface area (Å²) in [7, 11) is 5.00. The zero-order valence-corrected chi connectivity index (χ0v) is 16.6. The van der Waals surface area contributed by atoms with Gasteiger partial charge in [-0.05, 0) is 48.9 Å². The first-order valence-corrected chi connectivity index (χ1v) is 8.79. The molecule has 0 fully saturated rings. The third-order valence-electron chi connectivity index (χ3n) is 4.17. The van der Waals surface area contributed by atoms with Gasteiger partial charge in [0.1, 0.15) is 12.3 Å². The second-order valence-electron chi connectivity index (χ2n) is 6.56. The molecule has 0 aromatic heterocycles. The van der Waals surface area contributed by atoms with E-state index in [4.69, 9.17) is 9.47 Å². The molecule has 0 spiro atoms. The summed E-state index contributed by atoms with van der Waals surface area (Å²) in [5.74, 6) is 0.654. The number of amides is 1. The van der Waals surface area contributed by atoms with Gasteiger partial charge in [0.25, 0.3) is 5.91 Å². The Kier molecular flexibility index (Phi) is 7.33. The molecule has 2 aromatic carbocycles. The van der Waals surface area contributed by atoms with E-state index in [-0.39, 0.29) is 18.2 Å². The number of halogens is 3. The lowest BCUT2D eigenvalue weighted by molar-refractivity contribution is -0.885. The maximum atomic E-state index is 12.2. The summed E-state index contributed by atoms with van der Waals surface area (Å²) in [4.78, 5) is 13.2. The molecule has 2 aromatic rings. The first-order valence-electron chi connectivity index (χ1n) is 8.79. The fourth-order valence-electron chi connectivity index (χ4n) is 2.82. The molecule has 0 radical (unpaired) electrons. The minimum atomic E-state index is -4.75. The number of quaternary nitrogens is 1. The van der Waals surface area contributed by atoms with E-state index in [0.29, 0.717) is 23.7 Å². The Morgan fingerprint density at radius 3 is 2.21 bits per heavy atom. The van der Waals surface area contributed by atoms with Crippen LogP contribution in [0.5, 0.6) is 17.2 Å². The second-order valence-corrected chi connectivity index (χ2v) is 6.56. The molecule has 158 valence electrons. The van der Waals surface area contributed by atoms with Crippen molar-refractivity contribution in [2.45, 2.75) is 19.8 Å². The van der Waals surface area contributed by atoms with E-state index in [1.165, 1.54) is 12.1 Å². The first kappa shape index (κ1) is 22.4. The third-order valence-corrected chi connectivity index (χ3v) is 4.17. The van der Waals surface area contributed by atoms with E-state index < -0.39 is 6.36 Å². The van der Waals surface area contributed by atoms with Crippen molar-refractivity contribution in [1.82, 2.24) is 0 Å². The van der Waals surface area contributed by atoms with Gasteiger partial charge in [0.15, 0.2) is 18.0 Å². The van der Waals surface area contributed by atoms with E-state index >= 15 is 0 Å². The van der Waals surface area contributed by atoms with Gasteiger partial charge in [-0.2, -0.15) is 0 Å². The summed E-state index contributed by atoms with van der Waals surface area (Å²) in [5.41, 5.74) is 2.42. The number of carbonyl (C=O) groups is 1. The van der Waals surface area contributed by atoms with Crippen LogP contribution >= 0.6 is 0 Å². The van der Waals surface area contributed by atoms with Gasteiger partial charge in [-0.25, -0.2) is 0 Å². The Balaban J connectivity index is 1.94. The summed E-state index contributed by atoms with van der Waals surface area (Å²) in [6, 6.07) is 8.76. The summed E-state index contributed by atoms with van der Waals surface area (Å²) < 4.78 is 50.9. The number of nitrogens with one attached hydrogen (secondary N) is 2. The number of anilines is 1. The summed E-state index contributed by atoms with van der Waals surface area (Å²) >= 11 is 0. The van der Waals surface area contributed by atoms with E-state index in [9.17, 15) is 18.0 Å². The number of hydrogen-bond donors (Lipinski definition) is 2. The smallest absolute Gasteiger partial charge is 0.493 e. The predicted molar refractivity (Wildman–Crippen MR) is 101 cm³/mol. The Labute approximate surface area is 167 Å². The van der Waals surface area contributed by atoms with Crippen molar-refractivity contribution in [2.75, 3.05) is 33.1 Å². The normalized spacial score (nSPS) is 12.2. The maximum Gasteiger partial charge on any atom is 0.573 e. The molecular formula is C20H24F3N2O4+. The van der Waals surface area contributed by atoms with E-state index in [1.54, 1.807) is 14.2 Å². The highest BCUT2D eigenvalue weighted by Crippen LogP contribution is 2.30. The minimum Gasteiger partial charge on any atom is -0.493 e. The Morgan fingerprint density at radius 1 is 1.07 bits per heavy atom. The van der Waals surface area contributed by atoms with Crippen LogP contribution in [0.2, 0.25) is 0 Å². The van der Waals surface area contributed by atoms with Crippen LogP contribution in [0.4, 0.5) is 18.9 Å². The highest BCUT2D eigenvalue weighted by molar-refractivity contribution is 5.91. The number of ether oxygens (including phenoxy) is 3. The number of benzene rings is 2. The summed E-state index contributed by atoms with van der Waals surface area (Å²) in [5, 5.41) is 2.66.